The molecule has 2 aromatic rings. The second kappa shape index (κ2) is 12.3. The SMILES string of the molecule is CCC(C)C(=O)OCCCCCCOc1ccc(/N=C/c2ccc(C)s2)cc1. The lowest BCUT2D eigenvalue weighted by Gasteiger charge is -2.09. The number of thiophene rings is 1. The van der Waals surface area contributed by atoms with Crippen LogP contribution in [0.3, 0.4) is 0 Å². The highest BCUT2D eigenvalue weighted by atomic mass is 32.1. The molecule has 0 aliphatic rings. The van der Waals surface area contributed by atoms with Gasteiger partial charge >= 0.3 is 5.97 Å². The molecule has 1 unspecified atom stereocenters. The summed E-state index contributed by atoms with van der Waals surface area (Å²) < 4.78 is 11.0. The summed E-state index contributed by atoms with van der Waals surface area (Å²) in [4.78, 5) is 18.5. The van der Waals surface area contributed by atoms with E-state index in [1.807, 2.05) is 44.3 Å². The summed E-state index contributed by atoms with van der Waals surface area (Å²) in [7, 11) is 0. The largest absolute Gasteiger partial charge is 0.494 e. The first-order valence-corrected chi connectivity index (χ1v) is 10.9. The van der Waals surface area contributed by atoms with Gasteiger partial charge < -0.3 is 9.47 Å². The van der Waals surface area contributed by atoms with Crippen LogP contribution in [0.15, 0.2) is 41.4 Å². The summed E-state index contributed by atoms with van der Waals surface area (Å²) in [6, 6.07) is 12.0. The van der Waals surface area contributed by atoms with E-state index >= 15 is 0 Å². The molecule has 2 rings (SSSR count). The number of aliphatic imine (C=N–C) groups is 1. The summed E-state index contributed by atoms with van der Waals surface area (Å²) in [5.74, 6) is 0.794. The lowest BCUT2D eigenvalue weighted by molar-refractivity contribution is -0.148. The van der Waals surface area contributed by atoms with E-state index in [1.54, 1.807) is 11.3 Å². The van der Waals surface area contributed by atoms with Gasteiger partial charge in [-0.3, -0.25) is 9.79 Å². The van der Waals surface area contributed by atoms with Crippen molar-refractivity contribution in [1.29, 1.82) is 0 Å². The fourth-order valence-electron chi connectivity index (χ4n) is 2.52. The van der Waals surface area contributed by atoms with Gasteiger partial charge in [-0.15, -0.1) is 11.3 Å². The molecule has 28 heavy (non-hydrogen) atoms. The van der Waals surface area contributed by atoms with Crippen molar-refractivity contribution in [3.05, 3.63) is 46.2 Å². The number of unbranched alkanes of at least 4 members (excludes halogenated alkanes) is 3. The second-order valence-electron chi connectivity index (χ2n) is 6.94. The van der Waals surface area contributed by atoms with Crippen molar-refractivity contribution >= 4 is 29.2 Å². The van der Waals surface area contributed by atoms with E-state index in [-0.39, 0.29) is 11.9 Å². The molecule has 0 aliphatic carbocycles. The maximum Gasteiger partial charge on any atom is 0.308 e. The Kier molecular flexibility index (Phi) is 9.77. The van der Waals surface area contributed by atoms with Crippen LogP contribution in [0, 0.1) is 12.8 Å². The topological polar surface area (TPSA) is 47.9 Å². The van der Waals surface area contributed by atoms with E-state index in [1.165, 1.54) is 4.88 Å². The zero-order chi connectivity index (χ0) is 20.2. The van der Waals surface area contributed by atoms with Crippen LogP contribution in [0.4, 0.5) is 5.69 Å². The Morgan fingerprint density at radius 3 is 2.43 bits per heavy atom. The Morgan fingerprint density at radius 2 is 1.79 bits per heavy atom. The van der Waals surface area contributed by atoms with Crippen molar-refractivity contribution in [1.82, 2.24) is 0 Å². The molecule has 0 fully saturated rings. The lowest BCUT2D eigenvalue weighted by atomic mass is 10.1. The van der Waals surface area contributed by atoms with Gasteiger partial charge in [0.15, 0.2) is 0 Å². The molecule has 0 spiro atoms. The van der Waals surface area contributed by atoms with Crippen LogP contribution in [-0.4, -0.2) is 25.4 Å². The van der Waals surface area contributed by atoms with Crippen LogP contribution < -0.4 is 4.74 Å². The molecular weight excluding hydrogens is 370 g/mol. The first kappa shape index (κ1) is 22.2. The van der Waals surface area contributed by atoms with Crippen molar-refractivity contribution in [3.63, 3.8) is 0 Å². The number of hydrogen-bond acceptors (Lipinski definition) is 5. The smallest absolute Gasteiger partial charge is 0.308 e. The van der Waals surface area contributed by atoms with Gasteiger partial charge in [0.05, 0.1) is 24.8 Å². The Labute approximate surface area is 172 Å². The van der Waals surface area contributed by atoms with E-state index < -0.39 is 0 Å². The molecule has 0 N–H and O–H groups in total. The number of carbonyl (C=O) groups excluding carboxylic acids is 1. The molecule has 1 heterocycles. The molecule has 0 amide bonds. The lowest BCUT2D eigenvalue weighted by Crippen LogP contribution is -2.14. The van der Waals surface area contributed by atoms with Crippen LogP contribution in [0.2, 0.25) is 0 Å². The zero-order valence-electron chi connectivity index (χ0n) is 17.1. The summed E-state index contributed by atoms with van der Waals surface area (Å²) >= 11 is 1.74. The second-order valence-corrected chi connectivity index (χ2v) is 8.26. The van der Waals surface area contributed by atoms with Crippen LogP contribution in [0.25, 0.3) is 0 Å². The number of hydrogen-bond donors (Lipinski definition) is 0. The van der Waals surface area contributed by atoms with Crippen molar-refractivity contribution in [2.75, 3.05) is 13.2 Å². The van der Waals surface area contributed by atoms with Gasteiger partial charge in [-0.1, -0.05) is 13.8 Å². The van der Waals surface area contributed by atoms with E-state index in [9.17, 15) is 4.79 Å². The molecule has 5 heteroatoms. The van der Waals surface area contributed by atoms with Crippen LogP contribution in [-0.2, 0) is 9.53 Å². The van der Waals surface area contributed by atoms with Crippen molar-refractivity contribution in [2.45, 2.75) is 52.9 Å². The standard InChI is InChI=1S/C23H31NO3S/c1-4-18(2)23(25)27-16-8-6-5-7-15-26-21-12-10-20(11-13-21)24-17-22-14-9-19(3)28-22/h9-14,17-18H,4-8,15-16H2,1-3H3/b24-17+. The van der Waals surface area contributed by atoms with Crippen LogP contribution in [0.1, 0.15) is 55.7 Å². The van der Waals surface area contributed by atoms with E-state index in [2.05, 4.69) is 24.0 Å². The van der Waals surface area contributed by atoms with Gasteiger partial charge in [0.2, 0.25) is 0 Å². The summed E-state index contributed by atoms with van der Waals surface area (Å²) in [6.45, 7) is 7.22. The quantitative estimate of drug-likeness (QED) is 0.237. The molecule has 0 saturated heterocycles. The number of carbonyl (C=O) groups is 1. The first-order chi connectivity index (χ1) is 13.6. The minimum atomic E-state index is -0.0795. The van der Waals surface area contributed by atoms with Gasteiger partial charge in [0, 0.05) is 16.0 Å². The van der Waals surface area contributed by atoms with E-state index in [0.29, 0.717) is 13.2 Å². The highest BCUT2D eigenvalue weighted by Crippen LogP contribution is 2.20. The summed E-state index contributed by atoms with van der Waals surface area (Å²) in [6.07, 6.45) is 6.76. The van der Waals surface area contributed by atoms with E-state index in [0.717, 1.165) is 48.4 Å². The number of rotatable bonds is 12. The number of benzene rings is 1. The Bertz CT molecular complexity index is 737. The number of ether oxygens (including phenoxy) is 2. The van der Waals surface area contributed by atoms with Crippen molar-refractivity contribution in [2.24, 2.45) is 10.9 Å². The van der Waals surface area contributed by atoms with Gasteiger partial charge in [-0.05, 0) is 75.4 Å². The third-order valence-electron chi connectivity index (χ3n) is 4.51. The predicted octanol–water partition coefficient (Wildman–Crippen LogP) is 6.34. The summed E-state index contributed by atoms with van der Waals surface area (Å²) in [5, 5.41) is 0. The maximum absolute atomic E-state index is 11.6. The normalized spacial score (nSPS) is 12.2. The number of aryl methyl sites for hydroxylation is 1. The highest BCUT2D eigenvalue weighted by molar-refractivity contribution is 7.13. The van der Waals surface area contributed by atoms with Gasteiger partial charge in [-0.2, -0.15) is 0 Å². The highest BCUT2D eigenvalue weighted by Gasteiger charge is 2.10. The van der Waals surface area contributed by atoms with Crippen LogP contribution in [0.5, 0.6) is 5.75 Å². The monoisotopic (exact) mass is 401 g/mol. The third-order valence-corrected chi connectivity index (χ3v) is 5.44. The molecule has 152 valence electrons. The average Bonchev–Trinajstić information content (AvgIpc) is 3.13. The maximum atomic E-state index is 11.6. The fourth-order valence-corrected chi connectivity index (χ4v) is 3.27. The molecular formula is C23H31NO3S. The molecule has 0 bridgehead atoms. The summed E-state index contributed by atoms with van der Waals surface area (Å²) in [5.41, 5.74) is 0.922. The molecule has 0 saturated carbocycles. The minimum absolute atomic E-state index is 0.00497. The van der Waals surface area contributed by atoms with Crippen molar-refractivity contribution < 1.29 is 14.3 Å². The molecule has 0 aliphatic heterocycles. The first-order valence-electron chi connectivity index (χ1n) is 10.1. The van der Waals surface area contributed by atoms with E-state index in [4.69, 9.17) is 9.47 Å². The molecule has 4 nitrogen and oxygen atoms in total. The fraction of sp³-hybridized carbons (Fsp3) is 0.478. The van der Waals surface area contributed by atoms with Gasteiger partial charge in [-0.25, -0.2) is 0 Å². The Hall–Kier alpha value is -2.14. The molecule has 0 radical (unpaired) electrons. The predicted molar refractivity (Wildman–Crippen MR) is 117 cm³/mol. The zero-order valence-corrected chi connectivity index (χ0v) is 18.0. The molecule has 1 aromatic carbocycles. The number of nitrogens with zero attached hydrogens (tertiary/aromatic N) is 1. The Morgan fingerprint density at radius 1 is 1.07 bits per heavy atom. The number of esters is 1. The average molecular weight is 402 g/mol. The van der Waals surface area contributed by atoms with Gasteiger partial charge in [0.25, 0.3) is 0 Å². The Balaban J connectivity index is 1.56. The molecule has 1 aromatic heterocycles. The third kappa shape index (κ3) is 8.26. The van der Waals surface area contributed by atoms with Crippen LogP contribution >= 0.6 is 11.3 Å². The van der Waals surface area contributed by atoms with Crippen molar-refractivity contribution in [3.8, 4) is 5.75 Å². The molecule has 1 atom stereocenters. The minimum Gasteiger partial charge on any atom is -0.494 e. The van der Waals surface area contributed by atoms with Gasteiger partial charge in [0.1, 0.15) is 5.75 Å².